The number of amides is 2. The molecular formula is C12H12BrFN2O3. The van der Waals surface area contributed by atoms with Gasteiger partial charge in [-0.15, -0.1) is 0 Å². The van der Waals surface area contributed by atoms with Crippen LogP contribution in [-0.2, 0) is 4.79 Å². The minimum atomic E-state index is -1.04. The Morgan fingerprint density at radius 2 is 2.21 bits per heavy atom. The van der Waals surface area contributed by atoms with Crippen LogP contribution in [0.2, 0.25) is 0 Å². The summed E-state index contributed by atoms with van der Waals surface area (Å²) in [5.74, 6) is -1.61. The van der Waals surface area contributed by atoms with E-state index in [1.807, 2.05) is 0 Å². The van der Waals surface area contributed by atoms with Gasteiger partial charge >= 0.3 is 12.0 Å². The van der Waals surface area contributed by atoms with Gasteiger partial charge in [-0.2, -0.15) is 0 Å². The molecule has 0 aromatic heterocycles. The lowest BCUT2D eigenvalue weighted by Crippen LogP contribution is -2.42. The zero-order valence-electron chi connectivity index (χ0n) is 9.90. The van der Waals surface area contributed by atoms with Gasteiger partial charge in [-0.1, -0.05) is 15.9 Å². The number of rotatable bonds is 2. The Morgan fingerprint density at radius 1 is 1.47 bits per heavy atom. The SMILES string of the molecule is O=C(O)[C@H]1CCCN1C(=O)Nc1ccc(Br)cc1F. The third-order valence-corrected chi connectivity index (χ3v) is 3.46. The zero-order chi connectivity index (χ0) is 14.0. The lowest BCUT2D eigenvalue weighted by atomic mass is 10.2. The minimum absolute atomic E-state index is 0.0317. The number of urea groups is 1. The van der Waals surface area contributed by atoms with Crippen molar-refractivity contribution in [2.24, 2.45) is 0 Å². The van der Waals surface area contributed by atoms with Gasteiger partial charge < -0.3 is 15.3 Å². The fraction of sp³-hybridized carbons (Fsp3) is 0.333. The Balaban J connectivity index is 2.10. The van der Waals surface area contributed by atoms with Gasteiger partial charge in [-0.05, 0) is 31.0 Å². The van der Waals surface area contributed by atoms with Gasteiger partial charge in [0.2, 0.25) is 0 Å². The van der Waals surface area contributed by atoms with E-state index in [2.05, 4.69) is 21.2 Å². The molecule has 0 spiro atoms. The van der Waals surface area contributed by atoms with Gasteiger partial charge in [0.1, 0.15) is 11.9 Å². The van der Waals surface area contributed by atoms with Gasteiger partial charge in [0.25, 0.3) is 0 Å². The Morgan fingerprint density at radius 3 is 2.84 bits per heavy atom. The van der Waals surface area contributed by atoms with Crippen LogP contribution in [0, 0.1) is 5.82 Å². The average molecular weight is 331 g/mol. The maximum Gasteiger partial charge on any atom is 0.326 e. The predicted molar refractivity (Wildman–Crippen MR) is 70.5 cm³/mol. The monoisotopic (exact) mass is 330 g/mol. The molecule has 2 N–H and O–H groups in total. The highest BCUT2D eigenvalue weighted by molar-refractivity contribution is 9.10. The number of carbonyl (C=O) groups is 2. The zero-order valence-corrected chi connectivity index (χ0v) is 11.5. The first kappa shape index (κ1) is 13.8. The Hall–Kier alpha value is -1.63. The summed E-state index contributed by atoms with van der Waals surface area (Å²) in [7, 11) is 0. The summed E-state index contributed by atoms with van der Waals surface area (Å²) >= 11 is 3.12. The van der Waals surface area contributed by atoms with Crippen LogP contribution < -0.4 is 5.32 Å². The Kier molecular flexibility index (Phi) is 4.04. The first-order valence-corrected chi connectivity index (χ1v) is 6.54. The van der Waals surface area contributed by atoms with Crippen molar-refractivity contribution < 1.29 is 19.1 Å². The molecule has 2 amide bonds. The molecule has 1 atom stereocenters. The Bertz CT molecular complexity index is 524. The van der Waals surface area contributed by atoms with Crippen LogP contribution >= 0.6 is 15.9 Å². The number of carboxylic acids is 1. The molecule has 1 fully saturated rings. The molecule has 102 valence electrons. The smallest absolute Gasteiger partial charge is 0.326 e. The molecule has 1 aromatic rings. The van der Waals surface area contributed by atoms with Crippen molar-refractivity contribution in [2.45, 2.75) is 18.9 Å². The standard InChI is InChI=1S/C12H12BrFN2O3/c13-7-3-4-9(8(14)6-7)15-12(19)16-5-1-2-10(16)11(17)18/h3-4,6,10H,1-2,5H2,(H,15,19)(H,17,18)/t10-/m1/s1. The number of aliphatic carboxylic acids is 1. The maximum atomic E-state index is 13.6. The number of carboxylic acid groups (broad SMARTS) is 1. The number of anilines is 1. The van der Waals surface area contributed by atoms with Crippen molar-refractivity contribution in [3.8, 4) is 0 Å². The number of hydrogen-bond donors (Lipinski definition) is 2. The molecule has 1 saturated heterocycles. The van der Waals surface area contributed by atoms with Crippen LogP contribution in [0.4, 0.5) is 14.9 Å². The molecule has 1 aliphatic rings. The fourth-order valence-corrected chi connectivity index (χ4v) is 2.38. The van der Waals surface area contributed by atoms with Crippen molar-refractivity contribution in [1.82, 2.24) is 4.90 Å². The van der Waals surface area contributed by atoms with E-state index < -0.39 is 23.9 Å². The normalized spacial score (nSPS) is 18.4. The minimum Gasteiger partial charge on any atom is -0.480 e. The molecule has 5 nitrogen and oxygen atoms in total. The van der Waals surface area contributed by atoms with Crippen molar-refractivity contribution in [2.75, 3.05) is 11.9 Å². The molecule has 0 saturated carbocycles. The first-order valence-electron chi connectivity index (χ1n) is 5.74. The molecule has 0 bridgehead atoms. The summed E-state index contributed by atoms with van der Waals surface area (Å²) in [6.07, 6.45) is 1.05. The molecule has 7 heteroatoms. The molecule has 1 aliphatic heterocycles. The summed E-state index contributed by atoms with van der Waals surface area (Å²) in [5, 5.41) is 11.4. The topological polar surface area (TPSA) is 69.6 Å². The highest BCUT2D eigenvalue weighted by Crippen LogP contribution is 2.22. The number of nitrogens with one attached hydrogen (secondary N) is 1. The lowest BCUT2D eigenvalue weighted by molar-refractivity contribution is -0.141. The summed E-state index contributed by atoms with van der Waals surface area (Å²) in [6, 6.07) is 2.82. The molecule has 0 unspecified atom stereocenters. The van der Waals surface area contributed by atoms with Crippen molar-refractivity contribution in [3.63, 3.8) is 0 Å². The van der Waals surface area contributed by atoms with Gasteiger partial charge in [0, 0.05) is 11.0 Å². The Labute approximate surface area is 117 Å². The van der Waals surface area contributed by atoms with Gasteiger partial charge in [-0.25, -0.2) is 14.0 Å². The lowest BCUT2D eigenvalue weighted by Gasteiger charge is -2.21. The van der Waals surface area contributed by atoms with E-state index >= 15 is 0 Å². The molecule has 1 heterocycles. The van der Waals surface area contributed by atoms with Crippen LogP contribution in [0.15, 0.2) is 22.7 Å². The summed E-state index contributed by atoms with van der Waals surface area (Å²) in [5.41, 5.74) is 0.0317. The van der Waals surface area contributed by atoms with Crippen LogP contribution in [0.1, 0.15) is 12.8 Å². The maximum absolute atomic E-state index is 13.6. The molecule has 2 rings (SSSR count). The second-order valence-electron chi connectivity index (χ2n) is 4.24. The quantitative estimate of drug-likeness (QED) is 0.875. The van der Waals surface area contributed by atoms with E-state index in [1.165, 1.54) is 17.0 Å². The van der Waals surface area contributed by atoms with Crippen molar-refractivity contribution >= 4 is 33.6 Å². The van der Waals surface area contributed by atoms with Crippen molar-refractivity contribution in [3.05, 3.63) is 28.5 Å². The third-order valence-electron chi connectivity index (χ3n) is 2.97. The average Bonchev–Trinajstić information content (AvgIpc) is 2.82. The second kappa shape index (κ2) is 5.56. The molecule has 1 aromatic carbocycles. The van der Waals surface area contributed by atoms with Crippen LogP contribution in [0.3, 0.4) is 0 Å². The van der Waals surface area contributed by atoms with E-state index in [1.54, 1.807) is 6.07 Å². The summed E-state index contributed by atoms with van der Waals surface area (Å²) in [4.78, 5) is 24.1. The van der Waals surface area contributed by atoms with Crippen LogP contribution in [0.25, 0.3) is 0 Å². The molecular weight excluding hydrogens is 319 g/mol. The highest BCUT2D eigenvalue weighted by atomic mass is 79.9. The van der Waals surface area contributed by atoms with Crippen molar-refractivity contribution in [1.29, 1.82) is 0 Å². The van der Waals surface area contributed by atoms with Gasteiger partial charge in [0.05, 0.1) is 5.69 Å². The van der Waals surface area contributed by atoms with E-state index in [4.69, 9.17) is 5.11 Å². The van der Waals surface area contributed by atoms with Crippen LogP contribution in [-0.4, -0.2) is 34.6 Å². The van der Waals surface area contributed by atoms with E-state index in [0.717, 1.165) is 0 Å². The number of hydrogen-bond acceptors (Lipinski definition) is 2. The fourth-order valence-electron chi connectivity index (χ4n) is 2.04. The van der Waals surface area contributed by atoms with Crippen LogP contribution in [0.5, 0.6) is 0 Å². The highest BCUT2D eigenvalue weighted by Gasteiger charge is 2.34. The van der Waals surface area contributed by atoms with Gasteiger partial charge in [-0.3, -0.25) is 0 Å². The van der Waals surface area contributed by atoms with E-state index in [-0.39, 0.29) is 5.69 Å². The number of benzene rings is 1. The third kappa shape index (κ3) is 3.04. The molecule has 19 heavy (non-hydrogen) atoms. The number of carbonyl (C=O) groups excluding carboxylic acids is 1. The summed E-state index contributed by atoms with van der Waals surface area (Å²) in [6.45, 7) is 0.362. The predicted octanol–water partition coefficient (Wildman–Crippen LogP) is 2.67. The van der Waals surface area contributed by atoms with E-state index in [0.29, 0.717) is 23.9 Å². The summed E-state index contributed by atoms with van der Waals surface area (Å²) < 4.78 is 14.1. The largest absolute Gasteiger partial charge is 0.480 e. The van der Waals surface area contributed by atoms with Gasteiger partial charge in [0.15, 0.2) is 0 Å². The first-order chi connectivity index (χ1) is 8.99. The molecule has 0 aliphatic carbocycles. The number of nitrogens with zero attached hydrogens (tertiary/aromatic N) is 1. The number of likely N-dealkylation sites (tertiary alicyclic amines) is 1. The molecule has 0 radical (unpaired) electrons. The number of halogens is 2. The second-order valence-corrected chi connectivity index (χ2v) is 5.16. The van der Waals surface area contributed by atoms with E-state index in [9.17, 15) is 14.0 Å².